The fraction of sp³-hybridized carbons (Fsp3) is 0.500. The standard InChI is InChI=1S/C12H16N6O2/c1-2-17-7-15-9-10(13-6-14-11(9)17)16-8-3-4-18(5-8)12(19)20/h6-8H,2-5H2,1H3,(H,19,20)(H,13,14,16). The lowest BCUT2D eigenvalue weighted by Gasteiger charge is -2.14. The van der Waals surface area contributed by atoms with Crippen molar-refractivity contribution in [2.75, 3.05) is 18.4 Å². The number of carboxylic acid groups (broad SMARTS) is 1. The van der Waals surface area contributed by atoms with E-state index in [0.29, 0.717) is 18.9 Å². The lowest BCUT2D eigenvalue weighted by atomic mass is 10.2. The Morgan fingerprint density at radius 3 is 3.05 bits per heavy atom. The third kappa shape index (κ3) is 2.13. The first-order valence-electron chi connectivity index (χ1n) is 6.59. The van der Waals surface area contributed by atoms with E-state index in [9.17, 15) is 4.79 Å². The maximum absolute atomic E-state index is 10.9. The Labute approximate surface area is 115 Å². The van der Waals surface area contributed by atoms with Gasteiger partial charge in [-0.05, 0) is 13.3 Å². The Kier molecular flexibility index (Phi) is 3.13. The minimum absolute atomic E-state index is 0.0657. The van der Waals surface area contributed by atoms with Crippen LogP contribution in [-0.2, 0) is 6.54 Å². The number of aromatic nitrogens is 4. The Morgan fingerprint density at radius 1 is 1.50 bits per heavy atom. The third-order valence-electron chi connectivity index (χ3n) is 3.54. The summed E-state index contributed by atoms with van der Waals surface area (Å²) in [7, 11) is 0. The quantitative estimate of drug-likeness (QED) is 0.868. The molecule has 0 spiro atoms. The monoisotopic (exact) mass is 276 g/mol. The number of carbonyl (C=O) groups is 1. The Morgan fingerprint density at radius 2 is 2.35 bits per heavy atom. The van der Waals surface area contributed by atoms with Crippen molar-refractivity contribution in [2.24, 2.45) is 0 Å². The molecule has 0 bridgehead atoms. The van der Waals surface area contributed by atoms with E-state index in [-0.39, 0.29) is 6.04 Å². The van der Waals surface area contributed by atoms with E-state index < -0.39 is 6.09 Å². The minimum Gasteiger partial charge on any atom is -0.465 e. The molecule has 1 amide bonds. The molecule has 3 rings (SSSR count). The van der Waals surface area contributed by atoms with Gasteiger partial charge >= 0.3 is 6.09 Å². The zero-order valence-corrected chi connectivity index (χ0v) is 11.2. The molecular weight excluding hydrogens is 260 g/mol. The maximum atomic E-state index is 10.9. The number of likely N-dealkylation sites (tertiary alicyclic amines) is 1. The number of nitrogens with one attached hydrogen (secondary N) is 1. The zero-order chi connectivity index (χ0) is 14.1. The summed E-state index contributed by atoms with van der Waals surface area (Å²) < 4.78 is 1.94. The minimum atomic E-state index is -0.877. The van der Waals surface area contributed by atoms with Gasteiger partial charge in [-0.15, -0.1) is 0 Å². The van der Waals surface area contributed by atoms with Gasteiger partial charge in [0, 0.05) is 25.7 Å². The van der Waals surface area contributed by atoms with Crippen molar-refractivity contribution in [1.29, 1.82) is 0 Å². The summed E-state index contributed by atoms with van der Waals surface area (Å²) in [6.07, 6.45) is 3.13. The van der Waals surface area contributed by atoms with Gasteiger partial charge in [-0.3, -0.25) is 0 Å². The first kappa shape index (κ1) is 12.6. The van der Waals surface area contributed by atoms with Crippen LogP contribution in [0.2, 0.25) is 0 Å². The fourth-order valence-electron chi connectivity index (χ4n) is 2.46. The molecule has 1 unspecified atom stereocenters. The molecule has 1 aliphatic rings. The first-order chi connectivity index (χ1) is 9.69. The molecule has 1 fully saturated rings. The summed E-state index contributed by atoms with van der Waals surface area (Å²) in [5, 5.41) is 12.2. The Balaban J connectivity index is 1.81. The van der Waals surface area contributed by atoms with Crippen molar-refractivity contribution in [3.05, 3.63) is 12.7 Å². The van der Waals surface area contributed by atoms with Gasteiger partial charge in [-0.1, -0.05) is 0 Å². The van der Waals surface area contributed by atoms with E-state index >= 15 is 0 Å². The van der Waals surface area contributed by atoms with Crippen LogP contribution >= 0.6 is 0 Å². The topological polar surface area (TPSA) is 96.2 Å². The van der Waals surface area contributed by atoms with E-state index in [4.69, 9.17) is 5.11 Å². The first-order valence-corrected chi connectivity index (χ1v) is 6.59. The van der Waals surface area contributed by atoms with E-state index in [2.05, 4.69) is 20.3 Å². The molecule has 20 heavy (non-hydrogen) atoms. The predicted octanol–water partition coefficient (Wildman–Crippen LogP) is 1.01. The number of nitrogens with zero attached hydrogens (tertiary/aromatic N) is 5. The van der Waals surface area contributed by atoms with Gasteiger partial charge in [-0.25, -0.2) is 19.7 Å². The predicted molar refractivity (Wildman–Crippen MR) is 72.6 cm³/mol. The molecular formula is C12H16N6O2. The Bertz CT molecular complexity index is 640. The van der Waals surface area contributed by atoms with Crippen molar-refractivity contribution in [2.45, 2.75) is 25.9 Å². The van der Waals surface area contributed by atoms with Crippen LogP contribution in [0, 0.1) is 0 Å². The molecule has 0 aromatic carbocycles. The molecule has 8 heteroatoms. The zero-order valence-electron chi connectivity index (χ0n) is 11.2. The van der Waals surface area contributed by atoms with Crippen molar-refractivity contribution >= 4 is 23.1 Å². The smallest absolute Gasteiger partial charge is 0.407 e. The van der Waals surface area contributed by atoms with Gasteiger partial charge in [0.05, 0.1) is 6.33 Å². The van der Waals surface area contributed by atoms with Crippen LogP contribution in [0.5, 0.6) is 0 Å². The average molecular weight is 276 g/mol. The normalized spacial score (nSPS) is 18.6. The number of aryl methyl sites for hydroxylation is 1. The van der Waals surface area contributed by atoms with Crippen molar-refractivity contribution in [3.63, 3.8) is 0 Å². The Hall–Kier alpha value is -2.38. The second kappa shape index (κ2) is 4.95. The number of imidazole rings is 1. The SMILES string of the molecule is CCn1cnc2c(NC3CCN(C(=O)O)C3)ncnc21. The van der Waals surface area contributed by atoms with E-state index in [0.717, 1.165) is 24.1 Å². The number of anilines is 1. The summed E-state index contributed by atoms with van der Waals surface area (Å²) in [4.78, 5) is 25.1. The van der Waals surface area contributed by atoms with Crippen LogP contribution < -0.4 is 5.32 Å². The van der Waals surface area contributed by atoms with E-state index in [1.807, 2.05) is 11.5 Å². The number of rotatable bonds is 3. The van der Waals surface area contributed by atoms with Crippen LogP contribution in [-0.4, -0.2) is 54.8 Å². The molecule has 1 atom stereocenters. The molecule has 3 heterocycles. The van der Waals surface area contributed by atoms with Gasteiger partial charge in [-0.2, -0.15) is 0 Å². The number of hydrogen-bond donors (Lipinski definition) is 2. The molecule has 2 aromatic heterocycles. The highest BCUT2D eigenvalue weighted by molar-refractivity contribution is 5.82. The largest absolute Gasteiger partial charge is 0.465 e. The van der Waals surface area contributed by atoms with E-state index in [1.54, 1.807) is 6.33 Å². The highest BCUT2D eigenvalue weighted by Crippen LogP contribution is 2.20. The second-order valence-electron chi connectivity index (χ2n) is 4.78. The number of amides is 1. The lowest BCUT2D eigenvalue weighted by Crippen LogP contribution is -2.30. The van der Waals surface area contributed by atoms with Gasteiger partial charge < -0.3 is 19.9 Å². The maximum Gasteiger partial charge on any atom is 0.407 e. The number of fused-ring (bicyclic) bond motifs is 1. The van der Waals surface area contributed by atoms with Gasteiger partial charge in [0.15, 0.2) is 11.5 Å². The molecule has 0 aliphatic carbocycles. The summed E-state index contributed by atoms with van der Waals surface area (Å²) in [6.45, 7) is 3.83. The van der Waals surface area contributed by atoms with Crippen molar-refractivity contribution in [1.82, 2.24) is 24.4 Å². The van der Waals surface area contributed by atoms with Crippen LogP contribution in [0.15, 0.2) is 12.7 Å². The van der Waals surface area contributed by atoms with E-state index in [1.165, 1.54) is 11.2 Å². The van der Waals surface area contributed by atoms with Crippen LogP contribution in [0.25, 0.3) is 11.2 Å². The average Bonchev–Trinajstić information content (AvgIpc) is 3.05. The lowest BCUT2D eigenvalue weighted by molar-refractivity contribution is 0.155. The summed E-state index contributed by atoms with van der Waals surface area (Å²) >= 11 is 0. The highest BCUT2D eigenvalue weighted by Gasteiger charge is 2.26. The summed E-state index contributed by atoms with van der Waals surface area (Å²) in [6, 6.07) is 0.0657. The van der Waals surface area contributed by atoms with Crippen LogP contribution in [0.1, 0.15) is 13.3 Å². The molecule has 1 aliphatic heterocycles. The van der Waals surface area contributed by atoms with Gasteiger partial charge in [0.1, 0.15) is 11.8 Å². The molecule has 2 aromatic rings. The molecule has 1 saturated heterocycles. The van der Waals surface area contributed by atoms with Crippen LogP contribution in [0.3, 0.4) is 0 Å². The number of hydrogen-bond acceptors (Lipinski definition) is 5. The molecule has 8 nitrogen and oxygen atoms in total. The fourth-order valence-corrected chi connectivity index (χ4v) is 2.46. The second-order valence-corrected chi connectivity index (χ2v) is 4.78. The molecule has 106 valence electrons. The van der Waals surface area contributed by atoms with Crippen molar-refractivity contribution in [3.8, 4) is 0 Å². The highest BCUT2D eigenvalue weighted by atomic mass is 16.4. The molecule has 0 radical (unpaired) electrons. The summed E-state index contributed by atoms with van der Waals surface area (Å²) in [5.41, 5.74) is 1.52. The van der Waals surface area contributed by atoms with Crippen molar-refractivity contribution < 1.29 is 9.90 Å². The molecule has 2 N–H and O–H groups in total. The summed E-state index contributed by atoms with van der Waals surface area (Å²) in [5.74, 6) is 0.666. The van der Waals surface area contributed by atoms with Gasteiger partial charge in [0.2, 0.25) is 0 Å². The van der Waals surface area contributed by atoms with Gasteiger partial charge in [0.25, 0.3) is 0 Å². The third-order valence-corrected chi connectivity index (χ3v) is 3.54. The molecule has 0 saturated carbocycles. The van der Waals surface area contributed by atoms with Crippen LogP contribution in [0.4, 0.5) is 10.6 Å².